The highest BCUT2D eigenvalue weighted by Crippen LogP contribution is 2.36. The molecule has 1 saturated carbocycles. The summed E-state index contributed by atoms with van der Waals surface area (Å²) < 4.78 is 0. The Morgan fingerprint density at radius 3 is 2.38 bits per heavy atom. The first-order valence-corrected chi connectivity index (χ1v) is 7.36. The quantitative estimate of drug-likeness (QED) is 0.683. The van der Waals surface area contributed by atoms with Gasteiger partial charge in [0.05, 0.1) is 5.60 Å². The van der Waals surface area contributed by atoms with E-state index in [9.17, 15) is 5.11 Å². The fourth-order valence-corrected chi connectivity index (χ4v) is 3.19. The molecule has 0 amide bonds. The molecule has 0 aromatic heterocycles. The summed E-state index contributed by atoms with van der Waals surface area (Å²) >= 11 is 0. The molecule has 1 heteroatoms. The van der Waals surface area contributed by atoms with Gasteiger partial charge in [-0.1, -0.05) is 52.9 Å². The zero-order valence-corrected chi connectivity index (χ0v) is 11.5. The Labute approximate surface area is 102 Å². The van der Waals surface area contributed by atoms with Crippen molar-refractivity contribution in [2.24, 2.45) is 11.8 Å². The smallest absolute Gasteiger partial charge is 0.0650 e. The van der Waals surface area contributed by atoms with Gasteiger partial charge in [0.2, 0.25) is 0 Å². The Kier molecular flexibility index (Phi) is 5.82. The maximum atomic E-state index is 10.7. The largest absolute Gasteiger partial charge is 0.390 e. The van der Waals surface area contributed by atoms with Crippen LogP contribution in [0, 0.1) is 11.8 Å². The molecule has 1 rings (SSSR count). The Morgan fingerprint density at radius 2 is 1.81 bits per heavy atom. The van der Waals surface area contributed by atoms with E-state index in [1.165, 1.54) is 38.5 Å². The molecule has 1 N–H and O–H groups in total. The maximum absolute atomic E-state index is 10.7. The standard InChI is InChI=1S/C15H30O/c1-4-13(5-2)12-15(16)10-7-8-14(6-3)9-11-15/h13-14,16H,4-12H2,1-3H3. The summed E-state index contributed by atoms with van der Waals surface area (Å²) in [6.45, 7) is 6.79. The van der Waals surface area contributed by atoms with Crippen LogP contribution in [0.25, 0.3) is 0 Å². The lowest BCUT2D eigenvalue weighted by Crippen LogP contribution is -2.30. The third kappa shape index (κ3) is 4.08. The van der Waals surface area contributed by atoms with E-state index in [4.69, 9.17) is 0 Å². The summed E-state index contributed by atoms with van der Waals surface area (Å²) in [7, 11) is 0. The second-order valence-corrected chi connectivity index (χ2v) is 5.82. The van der Waals surface area contributed by atoms with Crippen LogP contribution in [0.5, 0.6) is 0 Å². The molecule has 1 aliphatic rings. The zero-order valence-electron chi connectivity index (χ0n) is 11.5. The molecule has 1 aliphatic carbocycles. The van der Waals surface area contributed by atoms with E-state index in [-0.39, 0.29) is 5.60 Å². The third-order valence-electron chi connectivity index (χ3n) is 4.67. The van der Waals surface area contributed by atoms with Gasteiger partial charge in [0.15, 0.2) is 0 Å². The summed E-state index contributed by atoms with van der Waals surface area (Å²) in [6.07, 6.45) is 10.7. The minimum absolute atomic E-state index is 0.333. The average Bonchev–Trinajstić information content (AvgIpc) is 2.48. The van der Waals surface area contributed by atoms with E-state index in [0.29, 0.717) is 0 Å². The van der Waals surface area contributed by atoms with Crippen molar-refractivity contribution in [3.8, 4) is 0 Å². The summed E-state index contributed by atoms with van der Waals surface area (Å²) in [5.74, 6) is 1.60. The monoisotopic (exact) mass is 226 g/mol. The molecule has 2 atom stereocenters. The molecule has 0 radical (unpaired) electrons. The van der Waals surface area contributed by atoms with Crippen LogP contribution in [0.3, 0.4) is 0 Å². The molecular formula is C15H30O. The number of hydrogen-bond donors (Lipinski definition) is 1. The SMILES string of the molecule is CCC1CCCC(O)(CC(CC)CC)CC1. The molecule has 16 heavy (non-hydrogen) atoms. The Bertz CT molecular complexity index is 186. The molecule has 0 bridgehead atoms. The van der Waals surface area contributed by atoms with Gasteiger partial charge in [0, 0.05) is 0 Å². The van der Waals surface area contributed by atoms with Crippen LogP contribution in [-0.4, -0.2) is 10.7 Å². The fraction of sp³-hybridized carbons (Fsp3) is 1.00. The van der Waals surface area contributed by atoms with Crippen molar-refractivity contribution >= 4 is 0 Å². The van der Waals surface area contributed by atoms with Gasteiger partial charge >= 0.3 is 0 Å². The van der Waals surface area contributed by atoms with Crippen molar-refractivity contribution in [2.45, 2.75) is 84.2 Å². The van der Waals surface area contributed by atoms with E-state index >= 15 is 0 Å². The van der Waals surface area contributed by atoms with Gasteiger partial charge in [-0.3, -0.25) is 0 Å². The van der Waals surface area contributed by atoms with E-state index < -0.39 is 0 Å². The van der Waals surface area contributed by atoms with Crippen LogP contribution >= 0.6 is 0 Å². The summed E-state index contributed by atoms with van der Waals surface area (Å²) in [4.78, 5) is 0. The van der Waals surface area contributed by atoms with Crippen molar-refractivity contribution in [1.29, 1.82) is 0 Å². The molecule has 0 aromatic rings. The minimum atomic E-state index is -0.333. The van der Waals surface area contributed by atoms with E-state index in [0.717, 1.165) is 31.1 Å². The van der Waals surface area contributed by atoms with Crippen LogP contribution in [-0.2, 0) is 0 Å². The fourth-order valence-electron chi connectivity index (χ4n) is 3.19. The molecule has 2 unspecified atom stereocenters. The molecule has 0 spiro atoms. The molecule has 0 heterocycles. The maximum Gasteiger partial charge on any atom is 0.0650 e. The lowest BCUT2D eigenvalue weighted by atomic mass is 9.82. The molecule has 96 valence electrons. The summed E-state index contributed by atoms with van der Waals surface area (Å²) in [6, 6.07) is 0. The molecular weight excluding hydrogens is 196 g/mol. The first kappa shape index (κ1) is 14.0. The van der Waals surface area contributed by atoms with Gasteiger partial charge in [0.25, 0.3) is 0 Å². The Hall–Kier alpha value is -0.0400. The van der Waals surface area contributed by atoms with Gasteiger partial charge in [-0.25, -0.2) is 0 Å². The summed E-state index contributed by atoms with van der Waals surface area (Å²) in [5, 5.41) is 10.7. The van der Waals surface area contributed by atoms with Gasteiger partial charge < -0.3 is 5.11 Å². The van der Waals surface area contributed by atoms with Crippen molar-refractivity contribution < 1.29 is 5.11 Å². The van der Waals surface area contributed by atoms with Gasteiger partial charge in [0.1, 0.15) is 0 Å². The third-order valence-corrected chi connectivity index (χ3v) is 4.67. The highest BCUT2D eigenvalue weighted by atomic mass is 16.3. The van der Waals surface area contributed by atoms with E-state index in [1.807, 2.05) is 0 Å². The number of rotatable bonds is 5. The van der Waals surface area contributed by atoms with Crippen molar-refractivity contribution in [2.75, 3.05) is 0 Å². The molecule has 1 fully saturated rings. The lowest BCUT2D eigenvalue weighted by molar-refractivity contribution is -0.000880. The number of hydrogen-bond acceptors (Lipinski definition) is 1. The Morgan fingerprint density at radius 1 is 1.12 bits per heavy atom. The van der Waals surface area contributed by atoms with E-state index in [1.54, 1.807) is 0 Å². The number of aliphatic hydroxyl groups is 1. The Balaban J connectivity index is 2.49. The van der Waals surface area contributed by atoms with Gasteiger partial charge in [-0.2, -0.15) is 0 Å². The van der Waals surface area contributed by atoms with Crippen LogP contribution in [0.2, 0.25) is 0 Å². The van der Waals surface area contributed by atoms with Crippen molar-refractivity contribution in [1.82, 2.24) is 0 Å². The second kappa shape index (κ2) is 6.64. The van der Waals surface area contributed by atoms with Crippen LogP contribution < -0.4 is 0 Å². The zero-order chi connectivity index (χ0) is 12.0. The van der Waals surface area contributed by atoms with Crippen LogP contribution in [0.1, 0.15) is 78.6 Å². The molecule has 0 saturated heterocycles. The molecule has 0 aromatic carbocycles. The van der Waals surface area contributed by atoms with Crippen LogP contribution in [0.15, 0.2) is 0 Å². The topological polar surface area (TPSA) is 20.2 Å². The second-order valence-electron chi connectivity index (χ2n) is 5.82. The lowest BCUT2D eigenvalue weighted by Gasteiger charge is -2.30. The van der Waals surface area contributed by atoms with Crippen molar-refractivity contribution in [3.63, 3.8) is 0 Å². The normalized spacial score (nSPS) is 31.7. The predicted molar refractivity (Wildman–Crippen MR) is 70.5 cm³/mol. The first-order valence-electron chi connectivity index (χ1n) is 7.36. The van der Waals surface area contributed by atoms with Gasteiger partial charge in [-0.05, 0) is 37.5 Å². The summed E-state index contributed by atoms with van der Waals surface area (Å²) in [5.41, 5.74) is -0.333. The van der Waals surface area contributed by atoms with Crippen molar-refractivity contribution in [3.05, 3.63) is 0 Å². The van der Waals surface area contributed by atoms with E-state index in [2.05, 4.69) is 20.8 Å². The highest BCUT2D eigenvalue weighted by Gasteiger charge is 2.31. The minimum Gasteiger partial charge on any atom is -0.390 e. The first-order chi connectivity index (χ1) is 7.63. The van der Waals surface area contributed by atoms with Crippen LogP contribution in [0.4, 0.5) is 0 Å². The van der Waals surface area contributed by atoms with Gasteiger partial charge in [-0.15, -0.1) is 0 Å². The molecule has 0 aliphatic heterocycles. The average molecular weight is 226 g/mol. The molecule has 1 nitrogen and oxygen atoms in total. The highest BCUT2D eigenvalue weighted by molar-refractivity contribution is 4.85. The predicted octanol–water partition coefficient (Wildman–Crippen LogP) is 4.53.